The smallest absolute Gasteiger partial charge is 0.343 e. The van der Waals surface area contributed by atoms with E-state index in [9.17, 15) is 19.2 Å². The fraction of sp³-hybridized carbons (Fsp3) is 0.333. The second-order valence-corrected chi connectivity index (χ2v) is 8.58. The van der Waals surface area contributed by atoms with Crippen molar-refractivity contribution in [3.8, 4) is 0 Å². The molecule has 1 N–H and O–H groups in total. The Morgan fingerprint density at radius 1 is 0.848 bits per heavy atom. The number of carbonyl (C=O) groups excluding carboxylic acids is 4. The molecular weight excluding hydrogens is 422 g/mol. The molecule has 9 heteroatoms. The number of carbonyl (C=O) groups is 4. The third kappa shape index (κ3) is 3.84. The van der Waals surface area contributed by atoms with Crippen molar-refractivity contribution in [3.63, 3.8) is 0 Å². The predicted octanol–water partition coefficient (Wildman–Crippen LogP) is 1.77. The number of hydrogen-bond acceptors (Lipinski definition) is 6. The van der Waals surface area contributed by atoms with Gasteiger partial charge >= 0.3 is 6.03 Å². The fourth-order valence-electron chi connectivity index (χ4n) is 4.66. The SMILES string of the molecule is Cc1ccccc1N1CCN(Cc2ccc3c(c2)C(=O)N(N2CCC(=O)NC2=O)C3=O)CC1. The summed E-state index contributed by atoms with van der Waals surface area (Å²) in [6.07, 6.45) is 0.0406. The van der Waals surface area contributed by atoms with Crippen molar-refractivity contribution in [2.45, 2.75) is 19.9 Å². The molecule has 0 saturated carbocycles. The van der Waals surface area contributed by atoms with E-state index in [4.69, 9.17) is 0 Å². The summed E-state index contributed by atoms with van der Waals surface area (Å²) < 4.78 is 0. The number of benzene rings is 2. The molecule has 3 aliphatic heterocycles. The van der Waals surface area contributed by atoms with E-state index in [2.05, 4.69) is 40.2 Å². The van der Waals surface area contributed by atoms with Crippen LogP contribution in [0.25, 0.3) is 0 Å². The van der Waals surface area contributed by atoms with Gasteiger partial charge in [0.1, 0.15) is 0 Å². The van der Waals surface area contributed by atoms with E-state index in [1.54, 1.807) is 12.1 Å². The maximum absolute atomic E-state index is 13.0. The number of urea groups is 1. The Morgan fingerprint density at radius 3 is 2.30 bits per heavy atom. The normalized spacial score (nSPS) is 19.2. The largest absolute Gasteiger partial charge is 0.369 e. The van der Waals surface area contributed by atoms with Crippen molar-refractivity contribution < 1.29 is 19.2 Å². The Balaban J connectivity index is 1.26. The molecule has 0 bridgehead atoms. The van der Waals surface area contributed by atoms with E-state index < -0.39 is 23.8 Å². The van der Waals surface area contributed by atoms with Gasteiger partial charge in [0.25, 0.3) is 11.8 Å². The van der Waals surface area contributed by atoms with Gasteiger partial charge in [-0.3, -0.25) is 24.6 Å². The predicted molar refractivity (Wildman–Crippen MR) is 120 cm³/mol. The number of nitrogens with zero attached hydrogens (tertiary/aromatic N) is 4. The molecule has 2 aromatic carbocycles. The van der Waals surface area contributed by atoms with E-state index in [0.717, 1.165) is 41.8 Å². The summed E-state index contributed by atoms with van der Waals surface area (Å²) in [6, 6.07) is 12.9. The zero-order valence-electron chi connectivity index (χ0n) is 18.4. The Kier molecular flexibility index (Phi) is 5.33. The monoisotopic (exact) mass is 447 g/mol. The number of fused-ring (bicyclic) bond motifs is 1. The Hall–Kier alpha value is -3.72. The van der Waals surface area contributed by atoms with Gasteiger partial charge in [-0.25, -0.2) is 9.80 Å². The van der Waals surface area contributed by atoms with Crippen LogP contribution in [-0.4, -0.2) is 71.4 Å². The third-order valence-corrected chi connectivity index (χ3v) is 6.44. The zero-order chi connectivity index (χ0) is 23.1. The van der Waals surface area contributed by atoms with E-state index in [1.165, 1.54) is 11.3 Å². The van der Waals surface area contributed by atoms with E-state index >= 15 is 0 Å². The van der Waals surface area contributed by atoms with Crippen molar-refractivity contribution >= 4 is 29.4 Å². The lowest BCUT2D eigenvalue weighted by Crippen LogP contribution is -2.58. The molecule has 0 radical (unpaired) electrons. The summed E-state index contributed by atoms with van der Waals surface area (Å²) in [5.74, 6) is -1.50. The van der Waals surface area contributed by atoms with Gasteiger partial charge in [0.2, 0.25) is 5.91 Å². The first-order valence-electron chi connectivity index (χ1n) is 11.1. The number of amides is 5. The van der Waals surface area contributed by atoms with Crippen molar-refractivity contribution in [1.29, 1.82) is 0 Å². The van der Waals surface area contributed by atoms with Crippen LogP contribution in [0.15, 0.2) is 42.5 Å². The fourth-order valence-corrected chi connectivity index (χ4v) is 4.66. The first-order valence-corrected chi connectivity index (χ1v) is 11.1. The number of rotatable bonds is 4. The first-order chi connectivity index (χ1) is 15.9. The first kappa shape index (κ1) is 21.1. The molecule has 2 aromatic rings. The number of piperazine rings is 1. The molecule has 3 heterocycles. The van der Waals surface area contributed by atoms with Crippen LogP contribution in [0, 0.1) is 6.92 Å². The summed E-state index contributed by atoms with van der Waals surface area (Å²) >= 11 is 0. The molecule has 0 unspecified atom stereocenters. The molecule has 9 nitrogen and oxygen atoms in total. The maximum Gasteiger partial charge on any atom is 0.343 e. The minimum atomic E-state index is -0.757. The number of hydrogen-bond donors (Lipinski definition) is 1. The highest BCUT2D eigenvalue weighted by atomic mass is 16.2. The number of para-hydroxylation sites is 1. The number of aryl methyl sites for hydroxylation is 1. The lowest BCUT2D eigenvalue weighted by atomic mass is 10.0. The minimum Gasteiger partial charge on any atom is -0.369 e. The highest BCUT2D eigenvalue weighted by molar-refractivity contribution is 6.22. The van der Waals surface area contributed by atoms with Crippen LogP contribution in [0.4, 0.5) is 10.5 Å². The van der Waals surface area contributed by atoms with Crippen molar-refractivity contribution in [3.05, 3.63) is 64.7 Å². The summed E-state index contributed by atoms with van der Waals surface area (Å²) in [5.41, 5.74) is 4.05. The number of nitrogens with one attached hydrogen (secondary N) is 1. The van der Waals surface area contributed by atoms with Gasteiger partial charge in [0, 0.05) is 44.8 Å². The van der Waals surface area contributed by atoms with Gasteiger partial charge in [-0.15, -0.1) is 0 Å². The number of imide groups is 2. The Bertz CT molecular complexity index is 1160. The number of hydrazine groups is 1. The van der Waals surface area contributed by atoms with Crippen molar-refractivity contribution in [1.82, 2.24) is 20.2 Å². The molecule has 5 amide bonds. The maximum atomic E-state index is 13.0. The van der Waals surface area contributed by atoms with Crippen LogP contribution in [0.5, 0.6) is 0 Å². The average molecular weight is 447 g/mol. The second-order valence-electron chi connectivity index (χ2n) is 8.58. The quantitative estimate of drug-likeness (QED) is 0.718. The van der Waals surface area contributed by atoms with Crippen molar-refractivity contribution in [2.24, 2.45) is 0 Å². The summed E-state index contributed by atoms with van der Waals surface area (Å²) in [7, 11) is 0. The van der Waals surface area contributed by atoms with Crippen molar-refractivity contribution in [2.75, 3.05) is 37.6 Å². The Morgan fingerprint density at radius 2 is 1.58 bits per heavy atom. The van der Waals surface area contributed by atoms with Gasteiger partial charge in [0.15, 0.2) is 0 Å². The topological polar surface area (TPSA) is 93.3 Å². The van der Waals surface area contributed by atoms with E-state index in [1.807, 2.05) is 12.1 Å². The third-order valence-electron chi connectivity index (χ3n) is 6.44. The minimum absolute atomic E-state index is 0.00579. The summed E-state index contributed by atoms with van der Waals surface area (Å²) in [6.45, 7) is 6.43. The number of anilines is 1. The lowest BCUT2D eigenvalue weighted by Gasteiger charge is -2.36. The van der Waals surface area contributed by atoms with Gasteiger partial charge in [0.05, 0.1) is 17.7 Å². The van der Waals surface area contributed by atoms with E-state index in [0.29, 0.717) is 12.1 Å². The molecule has 2 saturated heterocycles. The molecule has 2 fully saturated rings. The van der Waals surface area contributed by atoms with Crippen LogP contribution < -0.4 is 10.2 Å². The molecule has 3 aliphatic rings. The molecule has 0 spiro atoms. The van der Waals surface area contributed by atoms with Gasteiger partial charge in [-0.2, -0.15) is 5.01 Å². The molecule has 33 heavy (non-hydrogen) atoms. The van der Waals surface area contributed by atoms with Gasteiger partial charge in [-0.05, 0) is 36.2 Å². The van der Waals surface area contributed by atoms with Crippen LogP contribution in [0.2, 0.25) is 0 Å². The average Bonchev–Trinajstić information content (AvgIpc) is 3.05. The zero-order valence-corrected chi connectivity index (χ0v) is 18.4. The highest BCUT2D eigenvalue weighted by Crippen LogP contribution is 2.27. The highest BCUT2D eigenvalue weighted by Gasteiger charge is 2.43. The van der Waals surface area contributed by atoms with Gasteiger partial charge in [-0.1, -0.05) is 24.3 Å². The second kappa shape index (κ2) is 8.32. The van der Waals surface area contributed by atoms with Crippen LogP contribution in [0.1, 0.15) is 38.3 Å². The van der Waals surface area contributed by atoms with Crippen LogP contribution in [-0.2, 0) is 11.3 Å². The Labute approximate surface area is 191 Å². The summed E-state index contributed by atoms with van der Waals surface area (Å²) in [4.78, 5) is 54.1. The van der Waals surface area contributed by atoms with E-state index in [-0.39, 0.29) is 18.5 Å². The lowest BCUT2D eigenvalue weighted by molar-refractivity contribution is -0.122. The van der Waals surface area contributed by atoms with Gasteiger partial charge < -0.3 is 4.90 Å². The standard InChI is InChI=1S/C24H25N5O4/c1-16-4-2-3-5-20(16)27-12-10-26(11-13-27)15-17-6-7-18-19(14-17)23(32)29(22(18)31)28-9-8-21(30)25-24(28)33/h2-7,14H,8-13,15H2,1H3,(H,25,30,33). The molecule has 0 aliphatic carbocycles. The molecule has 170 valence electrons. The molecule has 0 aromatic heterocycles. The summed E-state index contributed by atoms with van der Waals surface area (Å²) in [5, 5.41) is 4.00. The van der Waals surface area contributed by atoms with Crippen LogP contribution >= 0.6 is 0 Å². The van der Waals surface area contributed by atoms with Crippen LogP contribution in [0.3, 0.4) is 0 Å². The molecule has 5 rings (SSSR count). The molecule has 0 atom stereocenters. The molecular formula is C24H25N5O4.